The van der Waals surface area contributed by atoms with E-state index in [1.807, 2.05) is 64.1 Å². The number of aryl methyl sites for hydroxylation is 2. The molecule has 1 N–H and O–H groups in total. The maximum atomic E-state index is 12.7. The first-order valence-electron chi connectivity index (χ1n) is 9.59. The maximum absolute atomic E-state index is 12.7. The van der Waals surface area contributed by atoms with Gasteiger partial charge in [-0.1, -0.05) is 24.3 Å². The second kappa shape index (κ2) is 9.31. The van der Waals surface area contributed by atoms with Crippen LogP contribution in [-0.2, 0) is 21.4 Å². The van der Waals surface area contributed by atoms with E-state index >= 15 is 0 Å². The minimum absolute atomic E-state index is 0.0912. The summed E-state index contributed by atoms with van der Waals surface area (Å²) in [5, 5.41) is 2.83. The summed E-state index contributed by atoms with van der Waals surface area (Å²) >= 11 is 0. The number of anilines is 1. The van der Waals surface area contributed by atoms with Crippen LogP contribution in [-0.4, -0.2) is 32.7 Å². The van der Waals surface area contributed by atoms with Crippen LogP contribution in [0.4, 0.5) is 5.69 Å². The Morgan fingerprint density at radius 3 is 2.24 bits per heavy atom. The summed E-state index contributed by atoms with van der Waals surface area (Å²) in [5.74, 6) is 0.403. The molecule has 0 radical (unpaired) electrons. The van der Waals surface area contributed by atoms with E-state index in [0.29, 0.717) is 12.2 Å². The number of ether oxygens (including phenoxy) is 1. The standard InChI is InChI=1S/C22H30N2O4S/c1-15(2)28-20-11-9-19(10-12-20)14-23-22(25)18(5)24(29(6,26)27)21-13-16(3)7-8-17(21)4/h7-13,15,18H,14H2,1-6H3,(H,23,25). The molecular weight excluding hydrogens is 388 g/mol. The summed E-state index contributed by atoms with van der Waals surface area (Å²) in [7, 11) is -3.65. The lowest BCUT2D eigenvalue weighted by Crippen LogP contribution is -2.48. The molecule has 0 aliphatic carbocycles. The Labute approximate surface area is 173 Å². The van der Waals surface area contributed by atoms with Crippen LogP contribution in [0.1, 0.15) is 37.5 Å². The minimum Gasteiger partial charge on any atom is -0.491 e. The zero-order chi connectivity index (χ0) is 21.8. The van der Waals surface area contributed by atoms with E-state index in [0.717, 1.165) is 28.7 Å². The van der Waals surface area contributed by atoms with Crippen molar-refractivity contribution in [3.05, 3.63) is 59.2 Å². The third-order valence-electron chi connectivity index (χ3n) is 4.45. The van der Waals surface area contributed by atoms with Gasteiger partial charge in [0, 0.05) is 6.54 Å². The first kappa shape index (κ1) is 22.7. The number of sulfonamides is 1. The number of nitrogens with one attached hydrogen (secondary N) is 1. The Morgan fingerprint density at radius 1 is 1.07 bits per heavy atom. The second-order valence-electron chi connectivity index (χ2n) is 7.55. The molecule has 0 heterocycles. The lowest BCUT2D eigenvalue weighted by atomic mass is 10.1. The molecule has 0 bridgehead atoms. The van der Waals surface area contributed by atoms with E-state index in [1.54, 1.807) is 13.0 Å². The van der Waals surface area contributed by atoms with Crippen molar-refractivity contribution in [2.24, 2.45) is 0 Å². The van der Waals surface area contributed by atoms with E-state index in [4.69, 9.17) is 4.74 Å². The average molecular weight is 419 g/mol. The van der Waals surface area contributed by atoms with Crippen LogP contribution in [0.15, 0.2) is 42.5 Å². The van der Waals surface area contributed by atoms with E-state index in [1.165, 1.54) is 4.31 Å². The first-order chi connectivity index (χ1) is 13.5. The molecule has 6 nitrogen and oxygen atoms in total. The molecule has 0 aliphatic heterocycles. The minimum atomic E-state index is -3.65. The Kier molecular flexibility index (Phi) is 7.30. The highest BCUT2D eigenvalue weighted by molar-refractivity contribution is 7.92. The SMILES string of the molecule is Cc1ccc(C)c(N(C(C)C(=O)NCc2ccc(OC(C)C)cc2)S(C)(=O)=O)c1. The molecule has 0 aliphatic rings. The van der Waals surface area contributed by atoms with E-state index in [2.05, 4.69) is 5.32 Å². The van der Waals surface area contributed by atoms with E-state index < -0.39 is 16.1 Å². The third kappa shape index (κ3) is 6.22. The average Bonchev–Trinajstić information content (AvgIpc) is 2.62. The van der Waals surface area contributed by atoms with Crippen molar-refractivity contribution in [3.63, 3.8) is 0 Å². The summed E-state index contributed by atoms with van der Waals surface area (Å²) in [6, 6.07) is 12.1. The van der Waals surface area contributed by atoms with Crippen molar-refractivity contribution in [3.8, 4) is 5.75 Å². The van der Waals surface area contributed by atoms with Gasteiger partial charge in [0.1, 0.15) is 11.8 Å². The van der Waals surface area contributed by atoms with Crippen molar-refractivity contribution in [2.45, 2.75) is 53.3 Å². The van der Waals surface area contributed by atoms with Gasteiger partial charge in [-0.15, -0.1) is 0 Å². The predicted octanol–water partition coefficient (Wildman–Crippen LogP) is 3.56. The van der Waals surface area contributed by atoms with Crippen LogP contribution in [0, 0.1) is 13.8 Å². The van der Waals surface area contributed by atoms with Gasteiger partial charge in [-0.05, 0) is 69.5 Å². The van der Waals surface area contributed by atoms with Crippen LogP contribution in [0.5, 0.6) is 5.75 Å². The van der Waals surface area contributed by atoms with E-state index in [9.17, 15) is 13.2 Å². The van der Waals surface area contributed by atoms with Crippen molar-refractivity contribution in [2.75, 3.05) is 10.6 Å². The number of carbonyl (C=O) groups is 1. The fourth-order valence-electron chi connectivity index (χ4n) is 3.03. The van der Waals surface area contributed by atoms with Gasteiger partial charge in [-0.2, -0.15) is 0 Å². The molecule has 2 aromatic rings. The highest BCUT2D eigenvalue weighted by Gasteiger charge is 2.30. The number of nitrogens with zero attached hydrogens (tertiary/aromatic N) is 1. The van der Waals surface area contributed by atoms with Crippen molar-refractivity contribution < 1.29 is 17.9 Å². The van der Waals surface area contributed by atoms with Gasteiger partial charge in [-0.3, -0.25) is 9.10 Å². The molecular formula is C22H30N2O4S. The molecule has 1 atom stereocenters. The normalized spacial score (nSPS) is 12.5. The van der Waals surface area contributed by atoms with Gasteiger partial charge in [0.25, 0.3) is 0 Å². The number of rotatable bonds is 8. The fraction of sp³-hybridized carbons (Fsp3) is 0.409. The maximum Gasteiger partial charge on any atom is 0.243 e. The molecule has 7 heteroatoms. The number of hydrogen-bond acceptors (Lipinski definition) is 4. The molecule has 0 saturated heterocycles. The summed E-state index contributed by atoms with van der Waals surface area (Å²) in [6.07, 6.45) is 1.21. The predicted molar refractivity (Wildman–Crippen MR) is 117 cm³/mol. The molecule has 1 amide bonds. The molecule has 158 valence electrons. The molecule has 0 spiro atoms. The van der Waals surface area contributed by atoms with E-state index in [-0.39, 0.29) is 12.0 Å². The summed E-state index contributed by atoms with van der Waals surface area (Å²) < 4.78 is 31.7. The zero-order valence-electron chi connectivity index (χ0n) is 17.9. The highest BCUT2D eigenvalue weighted by atomic mass is 32.2. The van der Waals surface area contributed by atoms with Crippen molar-refractivity contribution in [1.82, 2.24) is 5.32 Å². The second-order valence-corrected chi connectivity index (χ2v) is 9.41. The van der Waals surface area contributed by atoms with Crippen molar-refractivity contribution >= 4 is 21.6 Å². The van der Waals surface area contributed by atoms with Crippen molar-refractivity contribution in [1.29, 1.82) is 0 Å². The van der Waals surface area contributed by atoms with Gasteiger partial charge < -0.3 is 10.1 Å². The Hall–Kier alpha value is -2.54. The topological polar surface area (TPSA) is 75.7 Å². The molecule has 0 saturated carbocycles. The Balaban J connectivity index is 2.14. The molecule has 2 rings (SSSR count). The van der Waals surface area contributed by atoms with Crippen LogP contribution in [0.3, 0.4) is 0 Å². The number of hydrogen-bond donors (Lipinski definition) is 1. The quantitative estimate of drug-likeness (QED) is 0.711. The number of benzene rings is 2. The summed E-state index contributed by atoms with van der Waals surface area (Å²) in [5.41, 5.74) is 3.14. The van der Waals surface area contributed by atoms with Crippen LogP contribution >= 0.6 is 0 Å². The lowest BCUT2D eigenvalue weighted by Gasteiger charge is -2.29. The molecule has 1 unspecified atom stereocenters. The summed E-state index contributed by atoms with van der Waals surface area (Å²) in [4.78, 5) is 12.7. The Morgan fingerprint density at radius 2 is 1.69 bits per heavy atom. The molecule has 29 heavy (non-hydrogen) atoms. The first-order valence-corrected chi connectivity index (χ1v) is 11.4. The summed E-state index contributed by atoms with van der Waals surface area (Å²) in [6.45, 7) is 9.53. The van der Waals surface area contributed by atoms with Gasteiger partial charge >= 0.3 is 0 Å². The monoisotopic (exact) mass is 418 g/mol. The lowest BCUT2D eigenvalue weighted by molar-refractivity contribution is -0.122. The van der Waals surface area contributed by atoms with Gasteiger partial charge in [-0.25, -0.2) is 8.42 Å². The largest absolute Gasteiger partial charge is 0.491 e. The van der Waals surface area contributed by atoms with Gasteiger partial charge in [0.2, 0.25) is 15.9 Å². The smallest absolute Gasteiger partial charge is 0.243 e. The molecule has 0 fully saturated rings. The van der Waals surface area contributed by atoms with Crippen LogP contribution < -0.4 is 14.4 Å². The zero-order valence-corrected chi connectivity index (χ0v) is 18.7. The highest BCUT2D eigenvalue weighted by Crippen LogP contribution is 2.26. The van der Waals surface area contributed by atoms with Gasteiger partial charge in [0.15, 0.2) is 0 Å². The molecule has 0 aromatic heterocycles. The Bertz CT molecular complexity index is 953. The fourth-order valence-corrected chi connectivity index (χ4v) is 4.26. The van der Waals surface area contributed by atoms with Crippen LogP contribution in [0.2, 0.25) is 0 Å². The molecule has 2 aromatic carbocycles. The van der Waals surface area contributed by atoms with Gasteiger partial charge in [0.05, 0.1) is 18.0 Å². The van der Waals surface area contributed by atoms with Crippen LogP contribution in [0.25, 0.3) is 0 Å². The third-order valence-corrected chi connectivity index (χ3v) is 5.68. The number of carbonyl (C=O) groups excluding carboxylic acids is 1. The number of amides is 1.